The van der Waals surface area contributed by atoms with E-state index in [1.165, 1.54) is 7.11 Å². The Morgan fingerprint density at radius 3 is 2.63 bits per heavy atom. The lowest BCUT2D eigenvalue weighted by molar-refractivity contribution is -0.140. The molecule has 3 aromatic rings. The molecule has 2 aliphatic rings. The second-order valence-electron chi connectivity index (χ2n) is 10.0. The molecule has 1 saturated carbocycles. The van der Waals surface area contributed by atoms with Gasteiger partial charge in [-0.3, -0.25) is 20.5 Å². The van der Waals surface area contributed by atoms with Gasteiger partial charge in [0.05, 0.1) is 48.9 Å². The average Bonchev–Trinajstić information content (AvgIpc) is 3.76. The zero-order chi connectivity index (χ0) is 29.1. The summed E-state index contributed by atoms with van der Waals surface area (Å²) in [6, 6.07) is 11.6. The zero-order valence-corrected chi connectivity index (χ0v) is 25.6. The molecule has 2 N–H and O–H groups in total. The van der Waals surface area contributed by atoms with E-state index in [0.717, 1.165) is 39.5 Å². The van der Waals surface area contributed by atoms with E-state index < -0.39 is 0 Å². The first kappa shape index (κ1) is 29.4. The molecule has 2 aromatic carbocycles. The van der Waals surface area contributed by atoms with E-state index in [2.05, 4.69) is 4.98 Å². The van der Waals surface area contributed by atoms with Gasteiger partial charge in [-0.1, -0.05) is 23.7 Å². The smallest absolute Gasteiger partial charge is 0.305 e. The lowest BCUT2D eigenvalue weighted by Crippen LogP contribution is -2.42. The monoisotopic (exact) mass is 612 g/mol. The predicted molar refractivity (Wildman–Crippen MR) is 166 cm³/mol. The lowest BCUT2D eigenvalue weighted by atomic mass is 10.00. The number of esters is 1. The van der Waals surface area contributed by atoms with Gasteiger partial charge < -0.3 is 14.2 Å². The number of ether oxygens (including phenoxy) is 3. The van der Waals surface area contributed by atoms with Crippen LogP contribution < -0.4 is 14.4 Å². The minimum Gasteiger partial charge on any atom is -0.493 e. The van der Waals surface area contributed by atoms with Gasteiger partial charge in [0.1, 0.15) is 11.7 Å². The Morgan fingerprint density at radius 2 is 1.93 bits per heavy atom. The fourth-order valence-electron chi connectivity index (χ4n) is 5.04. The highest BCUT2D eigenvalue weighted by molar-refractivity contribution is 8.01. The highest BCUT2D eigenvalue weighted by Crippen LogP contribution is 2.52. The maximum absolute atomic E-state index is 11.6. The van der Waals surface area contributed by atoms with Gasteiger partial charge in [-0.2, -0.15) is 0 Å². The van der Waals surface area contributed by atoms with Crippen LogP contribution in [0.1, 0.15) is 51.9 Å². The standard InChI is InChI=1S/C30H33ClN4O4S2/c1-37-23-6-4-5-20(27(23)39-3)28-21-15-18(31)9-11-22(21)35(29(32)17-7-8-17)30(33)24(41-28)12-13-25-34-16-19(40-25)10-14-26(36)38-2/h4-6,9,11,15-17,24,28,32-33H,7-8,10,12-14H2,1-3H3/t24-,28-/m1/s1. The molecule has 1 aliphatic heterocycles. The molecule has 1 fully saturated rings. The Labute approximate surface area is 253 Å². The van der Waals surface area contributed by atoms with Crippen molar-refractivity contribution >= 4 is 58.0 Å². The Balaban J connectivity index is 1.51. The number of halogens is 1. The molecule has 8 nitrogen and oxygen atoms in total. The van der Waals surface area contributed by atoms with Gasteiger partial charge in [-0.25, -0.2) is 4.98 Å². The second-order valence-corrected chi connectivity index (χ2v) is 13.0. The fraction of sp³-hybridized carbons (Fsp3) is 0.400. The second kappa shape index (κ2) is 12.8. The average molecular weight is 613 g/mol. The summed E-state index contributed by atoms with van der Waals surface area (Å²) in [6.07, 6.45) is 6.00. The highest BCUT2D eigenvalue weighted by atomic mass is 35.5. The van der Waals surface area contributed by atoms with E-state index in [1.54, 1.807) is 37.3 Å². The third-order valence-electron chi connectivity index (χ3n) is 7.31. The maximum Gasteiger partial charge on any atom is 0.305 e. The number of para-hydroxylation sites is 1. The summed E-state index contributed by atoms with van der Waals surface area (Å²) >= 11 is 9.82. The molecule has 0 saturated heterocycles. The largest absolute Gasteiger partial charge is 0.493 e. The third kappa shape index (κ3) is 6.39. The third-order valence-corrected chi connectivity index (χ3v) is 10.2. The topological polar surface area (TPSA) is 109 Å². The molecule has 41 heavy (non-hydrogen) atoms. The summed E-state index contributed by atoms with van der Waals surface area (Å²) in [4.78, 5) is 19.0. The van der Waals surface area contributed by atoms with Crippen LogP contribution in [0.5, 0.6) is 11.5 Å². The van der Waals surface area contributed by atoms with Crippen molar-refractivity contribution in [1.82, 2.24) is 4.98 Å². The summed E-state index contributed by atoms with van der Waals surface area (Å²) in [5, 5.41) is 19.6. The molecule has 0 radical (unpaired) electrons. The van der Waals surface area contributed by atoms with Crippen molar-refractivity contribution in [2.24, 2.45) is 5.92 Å². The number of anilines is 1. The summed E-state index contributed by atoms with van der Waals surface area (Å²) in [5.74, 6) is 2.05. The number of thioether (sulfide) groups is 1. The lowest BCUT2D eigenvalue weighted by Gasteiger charge is -2.28. The maximum atomic E-state index is 11.6. The van der Waals surface area contributed by atoms with Crippen molar-refractivity contribution in [3.63, 3.8) is 0 Å². The number of methoxy groups -OCH3 is 3. The van der Waals surface area contributed by atoms with E-state index in [0.29, 0.717) is 53.9 Å². The van der Waals surface area contributed by atoms with Gasteiger partial charge in [-0.15, -0.1) is 23.1 Å². The number of carbonyl (C=O) groups is 1. The van der Waals surface area contributed by atoms with Crippen molar-refractivity contribution in [2.75, 3.05) is 26.2 Å². The number of fused-ring (bicyclic) bond motifs is 1. The van der Waals surface area contributed by atoms with Crippen molar-refractivity contribution in [3.8, 4) is 11.5 Å². The zero-order valence-electron chi connectivity index (χ0n) is 23.2. The molecule has 0 spiro atoms. The molecule has 1 aliphatic carbocycles. The number of hydrogen-bond donors (Lipinski definition) is 2. The molecule has 0 bridgehead atoms. The molecular formula is C30H33ClN4O4S2. The number of aryl methyl sites for hydroxylation is 2. The molecule has 0 amide bonds. The van der Waals surface area contributed by atoms with Crippen LogP contribution in [0.2, 0.25) is 5.02 Å². The number of nitrogens with zero attached hydrogens (tertiary/aromatic N) is 2. The summed E-state index contributed by atoms with van der Waals surface area (Å²) in [6.45, 7) is 0. The van der Waals surface area contributed by atoms with Crippen LogP contribution in [-0.2, 0) is 22.4 Å². The van der Waals surface area contributed by atoms with Crippen molar-refractivity contribution in [2.45, 2.75) is 49.0 Å². The first-order chi connectivity index (χ1) is 19.8. The highest BCUT2D eigenvalue weighted by Gasteiger charge is 2.40. The Kier molecular flexibility index (Phi) is 9.21. The molecule has 1 aromatic heterocycles. The van der Waals surface area contributed by atoms with Gasteiger partial charge in [0.25, 0.3) is 0 Å². The van der Waals surface area contributed by atoms with Crippen LogP contribution in [0, 0.1) is 16.7 Å². The Bertz CT molecular complexity index is 1460. The number of hydrogen-bond acceptors (Lipinski definition) is 9. The summed E-state index contributed by atoms with van der Waals surface area (Å²) < 4.78 is 16.2. The van der Waals surface area contributed by atoms with E-state index in [-0.39, 0.29) is 22.4 Å². The number of amidine groups is 2. The minimum absolute atomic E-state index is 0.156. The molecule has 0 unspecified atom stereocenters. The molecule has 5 rings (SSSR count). The van der Waals surface area contributed by atoms with Crippen LogP contribution in [0.3, 0.4) is 0 Å². The first-order valence-corrected chi connectivity index (χ1v) is 15.6. The van der Waals surface area contributed by atoms with Crippen molar-refractivity contribution in [3.05, 3.63) is 68.6 Å². The Hall–Kier alpha value is -3.08. The van der Waals surface area contributed by atoms with E-state index in [1.807, 2.05) is 47.5 Å². The molecule has 2 atom stereocenters. The number of aromatic nitrogens is 1. The van der Waals surface area contributed by atoms with Crippen LogP contribution in [0.15, 0.2) is 42.6 Å². The van der Waals surface area contributed by atoms with E-state index >= 15 is 0 Å². The number of rotatable bonds is 10. The Morgan fingerprint density at radius 1 is 1.12 bits per heavy atom. The number of nitrogens with one attached hydrogen (secondary N) is 2. The predicted octanol–water partition coefficient (Wildman–Crippen LogP) is 6.93. The quantitative estimate of drug-likeness (QED) is 0.145. The minimum atomic E-state index is -0.236. The first-order valence-electron chi connectivity index (χ1n) is 13.5. The number of carbonyl (C=O) groups excluding carboxylic acids is 1. The van der Waals surface area contributed by atoms with Crippen LogP contribution >= 0.6 is 34.7 Å². The van der Waals surface area contributed by atoms with Crippen LogP contribution in [0.25, 0.3) is 0 Å². The van der Waals surface area contributed by atoms with E-state index in [4.69, 9.17) is 31.2 Å². The van der Waals surface area contributed by atoms with Crippen LogP contribution in [0.4, 0.5) is 5.69 Å². The SMILES string of the molecule is COC(=O)CCc1cnc(CC[C@H]2S[C@H](c3cccc(OC)c3OC)c3cc(Cl)ccc3N(C(=N)C3CC3)C2=N)s1. The number of thiazole rings is 1. The van der Waals surface area contributed by atoms with Gasteiger partial charge in [0.15, 0.2) is 11.5 Å². The normalized spacial score (nSPS) is 18.4. The van der Waals surface area contributed by atoms with Gasteiger partial charge in [0, 0.05) is 34.0 Å². The molecule has 2 heterocycles. The molecule has 11 heteroatoms. The summed E-state index contributed by atoms with van der Waals surface area (Å²) in [5.41, 5.74) is 2.67. The van der Waals surface area contributed by atoms with Crippen molar-refractivity contribution < 1.29 is 19.0 Å². The van der Waals surface area contributed by atoms with Gasteiger partial charge in [-0.05, 0) is 55.5 Å². The number of benzene rings is 2. The fourth-order valence-corrected chi connectivity index (χ4v) is 7.64. The van der Waals surface area contributed by atoms with Gasteiger partial charge in [0.2, 0.25) is 0 Å². The van der Waals surface area contributed by atoms with E-state index in [9.17, 15) is 10.2 Å². The molecule has 216 valence electrons. The summed E-state index contributed by atoms with van der Waals surface area (Å²) in [7, 11) is 4.65. The molecular weight excluding hydrogens is 580 g/mol. The van der Waals surface area contributed by atoms with Crippen LogP contribution in [-0.4, -0.2) is 49.2 Å². The van der Waals surface area contributed by atoms with Crippen molar-refractivity contribution in [1.29, 1.82) is 10.8 Å². The van der Waals surface area contributed by atoms with Gasteiger partial charge >= 0.3 is 5.97 Å².